The van der Waals surface area contributed by atoms with Crippen LogP contribution in [0.2, 0.25) is 0 Å². The zero-order valence-corrected chi connectivity index (χ0v) is 11.2. The first-order valence-electron chi connectivity index (χ1n) is 6.47. The molecule has 0 fully saturated rings. The highest BCUT2D eigenvalue weighted by Gasteiger charge is 2.39. The van der Waals surface area contributed by atoms with E-state index in [1.165, 1.54) is 5.56 Å². The van der Waals surface area contributed by atoms with E-state index in [0.29, 0.717) is 6.42 Å². The molecule has 0 radical (unpaired) electrons. The Kier molecular flexibility index (Phi) is 5.14. The fourth-order valence-electron chi connectivity index (χ4n) is 2.31. The van der Waals surface area contributed by atoms with Crippen LogP contribution in [0.5, 0.6) is 0 Å². The smallest absolute Gasteiger partial charge is 0.313 e. The van der Waals surface area contributed by atoms with E-state index in [1.54, 1.807) is 6.08 Å². The first kappa shape index (κ1) is 14.5. The van der Waals surface area contributed by atoms with E-state index >= 15 is 0 Å². The highest BCUT2D eigenvalue weighted by molar-refractivity contribution is 5.77. The van der Waals surface area contributed by atoms with Crippen LogP contribution in [0.3, 0.4) is 0 Å². The van der Waals surface area contributed by atoms with Crippen molar-refractivity contribution in [3.8, 4) is 0 Å². The maximum absolute atomic E-state index is 11.6. The highest BCUT2D eigenvalue weighted by atomic mass is 16.4. The molecule has 2 unspecified atom stereocenters. The first-order chi connectivity index (χ1) is 8.56. The molecule has 0 aliphatic rings. The van der Waals surface area contributed by atoms with Crippen molar-refractivity contribution in [1.82, 2.24) is 0 Å². The van der Waals surface area contributed by atoms with E-state index in [4.69, 9.17) is 0 Å². The lowest BCUT2D eigenvalue weighted by atomic mass is 9.71. The third-order valence-electron chi connectivity index (χ3n) is 3.92. The average molecular weight is 246 g/mol. The molecule has 1 N–H and O–H groups in total. The SMILES string of the molecule is C=CC(CCc1ccccc1)(C(=O)O)C(C)CC. The average Bonchev–Trinajstić information content (AvgIpc) is 2.40. The van der Waals surface area contributed by atoms with Crippen molar-refractivity contribution in [3.63, 3.8) is 0 Å². The summed E-state index contributed by atoms with van der Waals surface area (Å²) in [6, 6.07) is 10.00. The van der Waals surface area contributed by atoms with Crippen LogP contribution in [0.1, 0.15) is 32.3 Å². The van der Waals surface area contributed by atoms with Gasteiger partial charge in [0.2, 0.25) is 0 Å². The minimum absolute atomic E-state index is 0.0937. The standard InChI is InChI=1S/C16H22O2/c1-4-13(3)16(5-2,15(17)18)12-11-14-9-7-6-8-10-14/h5-10,13H,2,4,11-12H2,1,3H3,(H,17,18). The second-order valence-electron chi connectivity index (χ2n) is 4.84. The van der Waals surface area contributed by atoms with Gasteiger partial charge in [0.25, 0.3) is 0 Å². The summed E-state index contributed by atoms with van der Waals surface area (Å²) >= 11 is 0. The Morgan fingerprint density at radius 2 is 2.06 bits per heavy atom. The van der Waals surface area contributed by atoms with Crippen LogP contribution in [0.25, 0.3) is 0 Å². The molecule has 0 heterocycles. The van der Waals surface area contributed by atoms with Crippen LogP contribution in [0, 0.1) is 11.3 Å². The molecule has 1 aromatic rings. The van der Waals surface area contributed by atoms with Gasteiger partial charge in [0.05, 0.1) is 5.41 Å². The van der Waals surface area contributed by atoms with Crippen LogP contribution in [0.4, 0.5) is 0 Å². The van der Waals surface area contributed by atoms with Crippen LogP contribution in [0.15, 0.2) is 43.0 Å². The zero-order valence-electron chi connectivity index (χ0n) is 11.2. The number of aliphatic carboxylic acids is 1. The molecule has 0 aromatic heterocycles. The fourth-order valence-corrected chi connectivity index (χ4v) is 2.31. The summed E-state index contributed by atoms with van der Waals surface area (Å²) in [6.07, 6.45) is 3.83. The lowest BCUT2D eigenvalue weighted by molar-refractivity contribution is -0.149. The Morgan fingerprint density at radius 1 is 1.44 bits per heavy atom. The molecular weight excluding hydrogens is 224 g/mol. The number of carboxylic acid groups (broad SMARTS) is 1. The summed E-state index contributed by atoms with van der Waals surface area (Å²) in [5, 5.41) is 9.53. The number of carbonyl (C=O) groups is 1. The fraction of sp³-hybridized carbons (Fsp3) is 0.438. The van der Waals surface area contributed by atoms with Crippen molar-refractivity contribution in [2.45, 2.75) is 33.1 Å². The maximum atomic E-state index is 11.6. The van der Waals surface area contributed by atoms with Crippen LogP contribution in [-0.2, 0) is 11.2 Å². The molecule has 0 aliphatic heterocycles. The number of benzene rings is 1. The van der Waals surface area contributed by atoms with Gasteiger partial charge in [0.1, 0.15) is 0 Å². The minimum Gasteiger partial charge on any atom is -0.481 e. The zero-order chi connectivity index (χ0) is 13.6. The van der Waals surface area contributed by atoms with Gasteiger partial charge in [-0.3, -0.25) is 4.79 Å². The van der Waals surface area contributed by atoms with Gasteiger partial charge in [0.15, 0.2) is 0 Å². The Morgan fingerprint density at radius 3 is 2.50 bits per heavy atom. The molecule has 2 nitrogen and oxygen atoms in total. The van der Waals surface area contributed by atoms with E-state index in [0.717, 1.165) is 12.8 Å². The van der Waals surface area contributed by atoms with E-state index in [-0.39, 0.29) is 5.92 Å². The molecule has 18 heavy (non-hydrogen) atoms. The highest BCUT2D eigenvalue weighted by Crippen LogP contribution is 2.36. The molecule has 1 aromatic carbocycles. The van der Waals surface area contributed by atoms with Gasteiger partial charge in [0, 0.05) is 0 Å². The number of hydrogen-bond donors (Lipinski definition) is 1. The number of rotatable bonds is 7. The second-order valence-corrected chi connectivity index (χ2v) is 4.84. The number of carboxylic acids is 1. The molecule has 0 amide bonds. The van der Waals surface area contributed by atoms with Crippen molar-refractivity contribution in [2.75, 3.05) is 0 Å². The van der Waals surface area contributed by atoms with Crippen molar-refractivity contribution in [1.29, 1.82) is 0 Å². The molecule has 0 saturated heterocycles. The van der Waals surface area contributed by atoms with Crippen LogP contribution >= 0.6 is 0 Å². The Balaban J connectivity index is 2.86. The number of aryl methyl sites for hydroxylation is 1. The van der Waals surface area contributed by atoms with Gasteiger partial charge in [-0.15, -0.1) is 6.58 Å². The van der Waals surface area contributed by atoms with Crippen LogP contribution in [-0.4, -0.2) is 11.1 Å². The topological polar surface area (TPSA) is 37.3 Å². The molecular formula is C16H22O2. The predicted octanol–water partition coefficient (Wildman–Crippen LogP) is 3.92. The third kappa shape index (κ3) is 3.00. The Bertz CT molecular complexity index is 397. The first-order valence-corrected chi connectivity index (χ1v) is 6.47. The molecule has 0 spiro atoms. The molecule has 0 aliphatic carbocycles. The second kappa shape index (κ2) is 6.39. The normalized spacial score (nSPS) is 15.7. The van der Waals surface area contributed by atoms with Crippen molar-refractivity contribution >= 4 is 5.97 Å². The lowest BCUT2D eigenvalue weighted by Crippen LogP contribution is -2.35. The van der Waals surface area contributed by atoms with Crippen molar-refractivity contribution < 1.29 is 9.90 Å². The molecule has 2 atom stereocenters. The quantitative estimate of drug-likeness (QED) is 0.740. The molecule has 0 bridgehead atoms. The minimum atomic E-state index is -0.815. The van der Waals surface area contributed by atoms with Gasteiger partial charge in [-0.25, -0.2) is 0 Å². The van der Waals surface area contributed by atoms with Gasteiger partial charge in [-0.1, -0.05) is 56.7 Å². The molecule has 1 rings (SSSR count). The van der Waals surface area contributed by atoms with Crippen LogP contribution < -0.4 is 0 Å². The Labute approximate surface area is 109 Å². The van der Waals surface area contributed by atoms with Gasteiger partial charge in [-0.2, -0.15) is 0 Å². The summed E-state index contributed by atoms with van der Waals surface area (Å²) in [7, 11) is 0. The van der Waals surface area contributed by atoms with E-state index in [9.17, 15) is 9.90 Å². The maximum Gasteiger partial charge on any atom is 0.313 e. The van der Waals surface area contributed by atoms with Crippen molar-refractivity contribution in [3.05, 3.63) is 48.6 Å². The van der Waals surface area contributed by atoms with Crippen molar-refractivity contribution in [2.24, 2.45) is 11.3 Å². The molecule has 2 heteroatoms. The number of hydrogen-bond acceptors (Lipinski definition) is 1. The summed E-state index contributed by atoms with van der Waals surface area (Å²) in [5.74, 6) is -0.668. The van der Waals surface area contributed by atoms with E-state index in [2.05, 4.69) is 6.58 Å². The molecule has 0 saturated carbocycles. The van der Waals surface area contributed by atoms with Gasteiger partial charge in [-0.05, 0) is 24.3 Å². The van der Waals surface area contributed by atoms with E-state index in [1.807, 2.05) is 44.2 Å². The summed E-state index contributed by atoms with van der Waals surface area (Å²) in [4.78, 5) is 11.6. The summed E-state index contributed by atoms with van der Waals surface area (Å²) in [5.41, 5.74) is 0.359. The summed E-state index contributed by atoms with van der Waals surface area (Å²) < 4.78 is 0. The largest absolute Gasteiger partial charge is 0.481 e. The van der Waals surface area contributed by atoms with E-state index < -0.39 is 11.4 Å². The van der Waals surface area contributed by atoms with Gasteiger partial charge < -0.3 is 5.11 Å². The predicted molar refractivity (Wildman–Crippen MR) is 74.5 cm³/mol. The third-order valence-corrected chi connectivity index (χ3v) is 3.92. The Hall–Kier alpha value is -1.57. The summed E-state index contributed by atoms with van der Waals surface area (Å²) in [6.45, 7) is 7.76. The monoisotopic (exact) mass is 246 g/mol. The molecule has 98 valence electrons. The van der Waals surface area contributed by atoms with Gasteiger partial charge >= 0.3 is 5.97 Å². The lowest BCUT2D eigenvalue weighted by Gasteiger charge is -2.31.